The summed E-state index contributed by atoms with van der Waals surface area (Å²) in [6.45, 7) is 7.95. The van der Waals surface area contributed by atoms with Crippen LogP contribution in [-0.4, -0.2) is 35.3 Å². The fourth-order valence-electron chi connectivity index (χ4n) is 2.44. The quantitative estimate of drug-likeness (QED) is 0.765. The molecule has 1 aliphatic carbocycles. The van der Waals surface area contributed by atoms with Gasteiger partial charge >= 0.3 is 0 Å². The van der Waals surface area contributed by atoms with Crippen LogP contribution < -0.4 is 10.6 Å². The van der Waals surface area contributed by atoms with Crippen LogP contribution >= 0.6 is 0 Å². The molecule has 1 aromatic rings. The monoisotopic (exact) mass is 278 g/mol. The van der Waals surface area contributed by atoms with Gasteiger partial charge in [0.1, 0.15) is 17.5 Å². The fourth-order valence-corrected chi connectivity index (χ4v) is 2.44. The molecule has 0 amide bonds. The number of anilines is 2. The molecule has 112 valence electrons. The smallest absolute Gasteiger partial charge is 0.133 e. The summed E-state index contributed by atoms with van der Waals surface area (Å²) in [7, 11) is 0. The molecule has 0 aliphatic heterocycles. The first kappa shape index (κ1) is 15.0. The molecule has 1 aliphatic rings. The number of nitrogens with zero attached hydrogens (tertiary/aromatic N) is 2. The molecule has 1 heterocycles. The molecule has 5 nitrogen and oxygen atoms in total. The van der Waals surface area contributed by atoms with E-state index in [2.05, 4.69) is 34.4 Å². The number of rotatable bonds is 8. The van der Waals surface area contributed by atoms with Crippen molar-refractivity contribution in [2.75, 3.05) is 23.8 Å². The zero-order valence-electron chi connectivity index (χ0n) is 12.8. The molecular weight excluding hydrogens is 252 g/mol. The summed E-state index contributed by atoms with van der Waals surface area (Å²) >= 11 is 0. The summed E-state index contributed by atoms with van der Waals surface area (Å²) in [5.41, 5.74) is 0. The molecule has 1 saturated carbocycles. The summed E-state index contributed by atoms with van der Waals surface area (Å²) in [5, 5.41) is 6.76. The van der Waals surface area contributed by atoms with E-state index in [1.54, 1.807) is 0 Å². The van der Waals surface area contributed by atoms with Crippen LogP contribution in [0.25, 0.3) is 0 Å². The Bertz CT molecular complexity index is 394. The highest BCUT2D eigenvalue weighted by atomic mass is 16.5. The van der Waals surface area contributed by atoms with Crippen molar-refractivity contribution in [1.82, 2.24) is 9.97 Å². The fraction of sp³-hybridized carbons (Fsp3) is 0.733. The molecule has 0 atom stereocenters. The highest BCUT2D eigenvalue weighted by Crippen LogP contribution is 2.26. The van der Waals surface area contributed by atoms with E-state index in [0.29, 0.717) is 12.1 Å². The Hall–Kier alpha value is -1.36. The summed E-state index contributed by atoms with van der Waals surface area (Å²) in [6, 6.07) is 2.47. The van der Waals surface area contributed by atoms with E-state index in [-0.39, 0.29) is 0 Å². The molecular formula is C15H26N4O. The molecule has 0 radical (unpaired) electrons. The molecule has 2 N–H and O–H groups in total. The lowest BCUT2D eigenvalue weighted by Gasteiger charge is -2.35. The molecule has 0 unspecified atom stereocenters. The first-order chi connectivity index (χ1) is 9.75. The first-order valence-electron chi connectivity index (χ1n) is 7.75. The van der Waals surface area contributed by atoms with Crippen molar-refractivity contribution in [2.24, 2.45) is 0 Å². The Morgan fingerprint density at radius 1 is 1.20 bits per heavy atom. The second kappa shape index (κ2) is 7.43. The van der Waals surface area contributed by atoms with Crippen molar-refractivity contribution in [3.05, 3.63) is 11.9 Å². The van der Waals surface area contributed by atoms with Gasteiger partial charge in [-0.05, 0) is 33.1 Å². The molecule has 0 aromatic carbocycles. The van der Waals surface area contributed by atoms with Gasteiger partial charge in [0.2, 0.25) is 0 Å². The molecule has 1 fully saturated rings. The first-order valence-corrected chi connectivity index (χ1v) is 7.75. The third-order valence-electron chi connectivity index (χ3n) is 3.45. The van der Waals surface area contributed by atoms with Gasteiger partial charge in [0, 0.05) is 31.7 Å². The number of hydrogen-bond acceptors (Lipinski definition) is 5. The van der Waals surface area contributed by atoms with Gasteiger partial charge in [-0.2, -0.15) is 0 Å². The minimum Gasteiger partial charge on any atom is -0.378 e. The van der Waals surface area contributed by atoms with Gasteiger partial charge in [-0.25, -0.2) is 9.97 Å². The summed E-state index contributed by atoms with van der Waals surface area (Å²) < 4.78 is 5.59. The van der Waals surface area contributed by atoms with Crippen LogP contribution in [0, 0.1) is 0 Å². The van der Waals surface area contributed by atoms with Crippen LogP contribution in [0.4, 0.5) is 11.6 Å². The average molecular weight is 278 g/mol. The maximum absolute atomic E-state index is 5.59. The summed E-state index contributed by atoms with van der Waals surface area (Å²) in [4.78, 5) is 9.12. The summed E-state index contributed by atoms with van der Waals surface area (Å²) in [5.74, 6) is 2.75. The van der Waals surface area contributed by atoms with E-state index >= 15 is 0 Å². The van der Waals surface area contributed by atoms with Crippen molar-refractivity contribution in [1.29, 1.82) is 0 Å². The van der Waals surface area contributed by atoms with Gasteiger partial charge in [-0.3, -0.25) is 0 Å². The minimum atomic E-state index is 0.419. The van der Waals surface area contributed by atoms with Gasteiger partial charge < -0.3 is 15.4 Å². The number of aryl methyl sites for hydroxylation is 1. The van der Waals surface area contributed by atoms with E-state index < -0.39 is 0 Å². The van der Waals surface area contributed by atoms with Crippen LogP contribution in [0.2, 0.25) is 0 Å². The van der Waals surface area contributed by atoms with Crippen molar-refractivity contribution in [3.8, 4) is 0 Å². The Balaban J connectivity index is 1.96. The van der Waals surface area contributed by atoms with Gasteiger partial charge in [-0.1, -0.05) is 6.92 Å². The average Bonchev–Trinajstić information content (AvgIpc) is 2.37. The Morgan fingerprint density at radius 3 is 2.60 bits per heavy atom. The highest BCUT2D eigenvalue weighted by Gasteiger charge is 2.29. The Morgan fingerprint density at radius 2 is 1.95 bits per heavy atom. The van der Waals surface area contributed by atoms with Gasteiger partial charge in [0.15, 0.2) is 0 Å². The van der Waals surface area contributed by atoms with Gasteiger partial charge in [-0.15, -0.1) is 0 Å². The number of ether oxygens (including phenoxy) is 1. The molecule has 0 bridgehead atoms. The molecule has 0 spiro atoms. The lowest BCUT2D eigenvalue weighted by Crippen LogP contribution is -2.41. The third kappa shape index (κ3) is 4.07. The second-order valence-electron chi connectivity index (χ2n) is 5.22. The third-order valence-corrected chi connectivity index (χ3v) is 3.45. The van der Waals surface area contributed by atoms with Gasteiger partial charge in [0.05, 0.1) is 6.10 Å². The predicted molar refractivity (Wildman–Crippen MR) is 82.2 cm³/mol. The van der Waals surface area contributed by atoms with Crippen molar-refractivity contribution in [2.45, 2.75) is 58.6 Å². The largest absolute Gasteiger partial charge is 0.378 e. The van der Waals surface area contributed by atoms with Crippen molar-refractivity contribution < 1.29 is 4.74 Å². The molecule has 0 saturated heterocycles. The topological polar surface area (TPSA) is 59.1 Å². The van der Waals surface area contributed by atoms with E-state index in [9.17, 15) is 0 Å². The zero-order chi connectivity index (χ0) is 14.4. The van der Waals surface area contributed by atoms with E-state index in [0.717, 1.165) is 56.3 Å². The number of nitrogens with one attached hydrogen (secondary N) is 2. The Labute approximate surface area is 121 Å². The van der Waals surface area contributed by atoms with Crippen LogP contribution in [0.3, 0.4) is 0 Å². The molecule has 1 aromatic heterocycles. The van der Waals surface area contributed by atoms with Crippen LogP contribution in [0.15, 0.2) is 6.07 Å². The molecule has 2 rings (SSSR count). The number of aromatic nitrogens is 2. The second-order valence-corrected chi connectivity index (χ2v) is 5.22. The van der Waals surface area contributed by atoms with E-state index in [1.165, 1.54) is 0 Å². The number of hydrogen-bond donors (Lipinski definition) is 2. The maximum Gasteiger partial charge on any atom is 0.133 e. The normalized spacial score (nSPS) is 21.4. The SMILES string of the molecule is CCCc1nc(NCC)cc(NC2CC(OCC)C2)n1. The van der Waals surface area contributed by atoms with Crippen LogP contribution in [0.5, 0.6) is 0 Å². The highest BCUT2D eigenvalue weighted by molar-refractivity contribution is 5.48. The molecule has 5 heteroatoms. The zero-order valence-corrected chi connectivity index (χ0v) is 12.8. The van der Waals surface area contributed by atoms with Crippen LogP contribution in [0.1, 0.15) is 45.9 Å². The summed E-state index contributed by atoms with van der Waals surface area (Å²) in [6.07, 6.45) is 4.53. The standard InChI is InChI=1S/C15H26N4O/c1-4-7-13-18-14(16-5-2)10-15(19-13)17-11-8-12(9-11)20-6-3/h10-12H,4-9H2,1-3H3,(H2,16,17,18,19). The van der Waals surface area contributed by atoms with Gasteiger partial charge in [0.25, 0.3) is 0 Å². The lowest BCUT2D eigenvalue weighted by molar-refractivity contribution is 0.00292. The van der Waals surface area contributed by atoms with E-state index in [1.807, 2.05) is 13.0 Å². The van der Waals surface area contributed by atoms with E-state index in [4.69, 9.17) is 4.74 Å². The predicted octanol–water partition coefficient (Wildman–Crippen LogP) is 2.84. The maximum atomic E-state index is 5.59. The van der Waals surface area contributed by atoms with Crippen molar-refractivity contribution >= 4 is 11.6 Å². The van der Waals surface area contributed by atoms with Crippen LogP contribution in [-0.2, 0) is 11.2 Å². The minimum absolute atomic E-state index is 0.419. The Kier molecular flexibility index (Phi) is 5.59. The lowest BCUT2D eigenvalue weighted by atomic mass is 9.89. The molecule has 20 heavy (non-hydrogen) atoms. The van der Waals surface area contributed by atoms with Crippen molar-refractivity contribution in [3.63, 3.8) is 0 Å².